The van der Waals surface area contributed by atoms with Gasteiger partial charge in [-0.15, -0.1) is 0 Å². The molecule has 0 atom stereocenters. The Labute approximate surface area is 149 Å². The minimum absolute atomic E-state index is 0.328. The van der Waals surface area contributed by atoms with Crippen LogP contribution >= 0.6 is 0 Å². The lowest BCUT2D eigenvalue weighted by atomic mass is 9.72. The summed E-state index contributed by atoms with van der Waals surface area (Å²) in [5.41, 5.74) is -4.39. The first-order chi connectivity index (χ1) is 11.9. The SMILES string of the molecule is CC.Cc1cccc(C(c2ccc(C)c(C)c2)(C(F)(F)F)C(F)(F)F)c1. The number of aryl methyl sites for hydroxylation is 3. The van der Waals surface area contributed by atoms with E-state index < -0.39 is 28.9 Å². The second-order valence-electron chi connectivity index (χ2n) is 5.91. The van der Waals surface area contributed by atoms with E-state index in [0.717, 1.165) is 24.3 Å². The van der Waals surface area contributed by atoms with Gasteiger partial charge < -0.3 is 0 Å². The van der Waals surface area contributed by atoms with Crippen molar-refractivity contribution in [1.82, 2.24) is 0 Å². The van der Waals surface area contributed by atoms with E-state index in [4.69, 9.17) is 0 Å². The third-order valence-corrected chi connectivity index (χ3v) is 4.24. The molecule has 26 heavy (non-hydrogen) atoms. The predicted octanol–water partition coefficient (Wildman–Crippen LogP) is 7.05. The van der Waals surface area contributed by atoms with Crippen LogP contribution in [0.25, 0.3) is 0 Å². The van der Waals surface area contributed by atoms with E-state index in [1.165, 1.54) is 32.0 Å². The van der Waals surface area contributed by atoms with Gasteiger partial charge in [-0.3, -0.25) is 0 Å². The summed E-state index contributed by atoms with van der Waals surface area (Å²) < 4.78 is 83.3. The summed E-state index contributed by atoms with van der Waals surface area (Å²) in [6.45, 7) is 8.59. The molecule has 2 rings (SSSR count). The predicted molar refractivity (Wildman–Crippen MR) is 91.3 cm³/mol. The van der Waals surface area contributed by atoms with E-state index >= 15 is 0 Å². The van der Waals surface area contributed by atoms with Gasteiger partial charge in [0.2, 0.25) is 5.41 Å². The van der Waals surface area contributed by atoms with E-state index in [0.29, 0.717) is 16.7 Å². The molecule has 0 fully saturated rings. The fraction of sp³-hybridized carbons (Fsp3) is 0.400. The maximum atomic E-state index is 13.9. The van der Waals surface area contributed by atoms with Crippen LogP contribution in [0.15, 0.2) is 42.5 Å². The highest BCUT2D eigenvalue weighted by Crippen LogP contribution is 2.56. The number of rotatable bonds is 2. The molecule has 0 spiro atoms. The maximum absolute atomic E-state index is 13.9. The van der Waals surface area contributed by atoms with Crippen molar-refractivity contribution in [2.24, 2.45) is 0 Å². The van der Waals surface area contributed by atoms with Crippen molar-refractivity contribution in [3.05, 3.63) is 70.3 Å². The van der Waals surface area contributed by atoms with E-state index in [2.05, 4.69) is 0 Å². The van der Waals surface area contributed by atoms with Gasteiger partial charge in [-0.05, 0) is 43.0 Å². The van der Waals surface area contributed by atoms with Crippen LogP contribution in [-0.4, -0.2) is 12.4 Å². The Bertz CT molecular complexity index is 727. The minimum atomic E-state index is -5.54. The summed E-state index contributed by atoms with van der Waals surface area (Å²) in [7, 11) is 0. The lowest BCUT2D eigenvalue weighted by molar-refractivity contribution is -0.288. The first-order valence-corrected chi connectivity index (χ1v) is 8.19. The largest absolute Gasteiger partial charge is 0.411 e. The minimum Gasteiger partial charge on any atom is -0.169 e. The van der Waals surface area contributed by atoms with E-state index in [1.807, 2.05) is 13.8 Å². The molecule has 0 aliphatic heterocycles. The number of halogens is 6. The van der Waals surface area contributed by atoms with Gasteiger partial charge in [0, 0.05) is 0 Å². The summed E-state index contributed by atoms with van der Waals surface area (Å²) in [4.78, 5) is 0. The maximum Gasteiger partial charge on any atom is 0.411 e. The highest BCUT2D eigenvalue weighted by molar-refractivity contribution is 5.47. The van der Waals surface area contributed by atoms with Crippen LogP contribution in [0.5, 0.6) is 0 Å². The van der Waals surface area contributed by atoms with Crippen LogP contribution in [0.4, 0.5) is 26.3 Å². The van der Waals surface area contributed by atoms with E-state index in [-0.39, 0.29) is 0 Å². The number of hydrogen-bond acceptors (Lipinski definition) is 0. The average Bonchev–Trinajstić information content (AvgIpc) is 2.51. The van der Waals surface area contributed by atoms with Gasteiger partial charge >= 0.3 is 12.4 Å². The second kappa shape index (κ2) is 7.72. The second-order valence-corrected chi connectivity index (χ2v) is 5.91. The van der Waals surface area contributed by atoms with Crippen LogP contribution in [0.2, 0.25) is 0 Å². The molecular weight excluding hydrogens is 354 g/mol. The fourth-order valence-electron chi connectivity index (χ4n) is 2.84. The first-order valence-electron chi connectivity index (χ1n) is 8.19. The van der Waals surface area contributed by atoms with Crippen LogP contribution in [0.1, 0.15) is 41.7 Å². The molecule has 0 nitrogen and oxygen atoms in total. The zero-order valence-electron chi connectivity index (χ0n) is 15.3. The summed E-state index contributed by atoms with van der Waals surface area (Å²) >= 11 is 0. The summed E-state index contributed by atoms with van der Waals surface area (Å²) in [5.74, 6) is 0. The summed E-state index contributed by atoms with van der Waals surface area (Å²) in [6, 6.07) is 7.65. The lowest BCUT2D eigenvalue weighted by Crippen LogP contribution is -2.54. The molecule has 0 N–H and O–H groups in total. The quantitative estimate of drug-likeness (QED) is 0.493. The molecule has 0 saturated heterocycles. The number of alkyl halides is 6. The first kappa shape index (κ1) is 22.1. The van der Waals surface area contributed by atoms with Crippen molar-refractivity contribution in [2.45, 2.75) is 52.4 Å². The van der Waals surface area contributed by atoms with Crippen LogP contribution < -0.4 is 0 Å². The van der Waals surface area contributed by atoms with Gasteiger partial charge in [-0.2, -0.15) is 26.3 Å². The monoisotopic (exact) mass is 376 g/mol. The molecule has 0 heterocycles. The summed E-state index contributed by atoms with van der Waals surface area (Å²) in [5, 5.41) is 0. The standard InChI is InChI=1S/C18H16F6.C2H6/c1-11-5-4-6-14(9-11)16(17(19,20)21,18(22,23)24)15-8-7-12(2)13(3)10-15;1-2/h4-10H,1-3H3;1-2H3. The molecule has 0 aliphatic rings. The molecular formula is C20H22F6. The fourth-order valence-corrected chi connectivity index (χ4v) is 2.84. The molecule has 0 aromatic heterocycles. The van der Waals surface area contributed by atoms with E-state index in [9.17, 15) is 26.3 Å². The van der Waals surface area contributed by atoms with Crippen LogP contribution in [-0.2, 0) is 5.41 Å². The zero-order valence-corrected chi connectivity index (χ0v) is 15.3. The Hall–Kier alpha value is -1.98. The Morgan fingerprint density at radius 3 is 1.54 bits per heavy atom. The zero-order chi connectivity index (χ0) is 20.3. The molecule has 0 saturated carbocycles. The molecule has 2 aromatic carbocycles. The molecule has 2 aromatic rings. The molecule has 0 radical (unpaired) electrons. The van der Waals surface area contributed by atoms with Gasteiger partial charge in [0.15, 0.2) is 0 Å². The van der Waals surface area contributed by atoms with E-state index in [1.54, 1.807) is 6.92 Å². The number of hydrogen-bond donors (Lipinski definition) is 0. The van der Waals surface area contributed by atoms with Gasteiger partial charge in [-0.25, -0.2) is 0 Å². The molecule has 0 aliphatic carbocycles. The van der Waals surface area contributed by atoms with Crippen molar-refractivity contribution >= 4 is 0 Å². The van der Waals surface area contributed by atoms with Gasteiger partial charge in [0.25, 0.3) is 0 Å². The van der Waals surface area contributed by atoms with Gasteiger partial charge in [-0.1, -0.05) is 61.9 Å². The highest BCUT2D eigenvalue weighted by Gasteiger charge is 2.72. The Morgan fingerprint density at radius 1 is 0.615 bits per heavy atom. The van der Waals surface area contributed by atoms with Crippen molar-refractivity contribution in [3.8, 4) is 0 Å². The lowest BCUT2D eigenvalue weighted by Gasteiger charge is -2.38. The van der Waals surface area contributed by atoms with Crippen molar-refractivity contribution in [3.63, 3.8) is 0 Å². The normalized spacial score (nSPS) is 12.4. The van der Waals surface area contributed by atoms with Crippen molar-refractivity contribution < 1.29 is 26.3 Å². The van der Waals surface area contributed by atoms with Crippen LogP contribution in [0, 0.1) is 20.8 Å². The molecule has 6 heteroatoms. The average molecular weight is 376 g/mol. The Balaban J connectivity index is 0.00000163. The molecule has 0 unspecified atom stereocenters. The van der Waals surface area contributed by atoms with Gasteiger partial charge in [0.1, 0.15) is 0 Å². The van der Waals surface area contributed by atoms with Crippen LogP contribution in [0.3, 0.4) is 0 Å². The van der Waals surface area contributed by atoms with Crippen molar-refractivity contribution in [2.75, 3.05) is 0 Å². The topological polar surface area (TPSA) is 0 Å². The number of benzene rings is 2. The summed E-state index contributed by atoms with van der Waals surface area (Å²) in [6.07, 6.45) is -11.1. The third kappa shape index (κ3) is 3.74. The molecule has 144 valence electrons. The highest BCUT2D eigenvalue weighted by atomic mass is 19.4. The molecule has 0 bridgehead atoms. The van der Waals surface area contributed by atoms with Crippen molar-refractivity contribution in [1.29, 1.82) is 0 Å². The Morgan fingerprint density at radius 2 is 1.12 bits per heavy atom. The third-order valence-electron chi connectivity index (χ3n) is 4.24. The smallest absolute Gasteiger partial charge is 0.169 e. The van der Waals surface area contributed by atoms with Gasteiger partial charge in [0.05, 0.1) is 0 Å². The molecule has 0 amide bonds. The Kier molecular flexibility index (Phi) is 6.55.